The Hall–Kier alpha value is -1.77. The van der Waals surface area contributed by atoms with Gasteiger partial charge in [0, 0.05) is 6.54 Å². The predicted octanol–water partition coefficient (Wildman–Crippen LogP) is 3.64. The largest absolute Gasteiger partial charge is 0.266 e. The number of benzene rings is 1. The van der Waals surface area contributed by atoms with Gasteiger partial charge in [-0.1, -0.05) is 23.8 Å². The minimum atomic E-state index is -3.51. The van der Waals surface area contributed by atoms with Gasteiger partial charge >= 0.3 is 0 Å². The molecule has 0 amide bonds. The Balaban J connectivity index is 3.06. The van der Waals surface area contributed by atoms with E-state index in [2.05, 4.69) is 12.3 Å². The lowest BCUT2D eigenvalue weighted by molar-refractivity contribution is 0.490. The summed E-state index contributed by atoms with van der Waals surface area (Å²) in [6.07, 6.45) is 6.47. The molecule has 0 N–H and O–H groups in total. The lowest BCUT2D eigenvalue weighted by Gasteiger charge is -2.19. The van der Waals surface area contributed by atoms with Crippen LogP contribution in [0.25, 0.3) is 0 Å². The number of nitrogens with zero attached hydrogens (tertiary/aromatic N) is 1. The van der Waals surface area contributed by atoms with E-state index in [-0.39, 0.29) is 0 Å². The summed E-state index contributed by atoms with van der Waals surface area (Å²) in [6.45, 7) is 7.80. The first-order chi connectivity index (χ1) is 9.52. The van der Waals surface area contributed by atoms with Gasteiger partial charge in [-0.3, -0.25) is 4.31 Å². The van der Waals surface area contributed by atoms with Crippen molar-refractivity contribution in [2.24, 2.45) is 0 Å². The zero-order chi connectivity index (χ0) is 15.0. The van der Waals surface area contributed by atoms with E-state index >= 15 is 0 Å². The second kappa shape index (κ2) is 7.73. The highest BCUT2D eigenvalue weighted by molar-refractivity contribution is 7.89. The van der Waals surface area contributed by atoms with E-state index in [0.29, 0.717) is 11.4 Å². The molecule has 3 nitrogen and oxygen atoms in total. The first-order valence-corrected chi connectivity index (χ1v) is 8.03. The Morgan fingerprint density at radius 1 is 1.30 bits per heavy atom. The third-order valence-electron chi connectivity index (χ3n) is 2.80. The topological polar surface area (TPSA) is 37.4 Å². The van der Waals surface area contributed by atoms with Crippen LogP contribution in [-0.2, 0) is 10.0 Å². The van der Waals surface area contributed by atoms with Crippen LogP contribution in [0.4, 0.5) is 0 Å². The fourth-order valence-electron chi connectivity index (χ4n) is 1.65. The molecule has 0 aromatic heterocycles. The van der Waals surface area contributed by atoms with Crippen molar-refractivity contribution in [2.75, 3.05) is 6.54 Å². The van der Waals surface area contributed by atoms with Gasteiger partial charge in [0.1, 0.15) is 0 Å². The zero-order valence-corrected chi connectivity index (χ0v) is 12.9. The minimum Gasteiger partial charge on any atom is -0.266 e. The average Bonchev–Trinajstić information content (AvgIpc) is 2.43. The van der Waals surface area contributed by atoms with Gasteiger partial charge in [-0.05, 0) is 44.9 Å². The molecule has 0 unspecified atom stereocenters. The number of unbranched alkanes of at least 4 members (excludes halogenated alkanes) is 1. The van der Waals surface area contributed by atoms with Gasteiger partial charge in [0.15, 0.2) is 0 Å². The van der Waals surface area contributed by atoms with Crippen molar-refractivity contribution >= 4 is 10.0 Å². The maximum absolute atomic E-state index is 12.6. The van der Waals surface area contributed by atoms with Crippen LogP contribution in [0.3, 0.4) is 0 Å². The molecule has 0 aliphatic rings. The molecule has 0 heterocycles. The molecule has 0 saturated carbocycles. The third kappa shape index (κ3) is 4.41. The molecule has 4 heteroatoms. The highest BCUT2D eigenvalue weighted by atomic mass is 32.2. The number of aryl methyl sites for hydroxylation is 1. The average molecular weight is 291 g/mol. The zero-order valence-electron chi connectivity index (χ0n) is 12.0. The Morgan fingerprint density at radius 2 is 1.95 bits per heavy atom. The SMILES string of the molecule is C=CCCCN(C=C=CC)S(=O)(=O)c1ccc(C)cc1. The molecular weight excluding hydrogens is 270 g/mol. The standard InChI is InChI=1S/C16H21NO2S/c1-4-6-8-14-17(13-7-5-2)20(18,19)16-11-9-15(3)10-12-16/h4-5,9-13H,1,6,8,14H2,2-3H3. The van der Waals surface area contributed by atoms with E-state index in [1.807, 2.05) is 6.92 Å². The fourth-order valence-corrected chi connectivity index (χ4v) is 2.97. The van der Waals surface area contributed by atoms with Gasteiger partial charge < -0.3 is 0 Å². The van der Waals surface area contributed by atoms with Crippen molar-refractivity contribution in [3.05, 3.63) is 60.5 Å². The van der Waals surface area contributed by atoms with Crippen LogP contribution in [0.2, 0.25) is 0 Å². The summed E-state index contributed by atoms with van der Waals surface area (Å²) in [7, 11) is -3.51. The van der Waals surface area contributed by atoms with Gasteiger partial charge in [0.05, 0.1) is 11.1 Å². The Bertz CT molecular complexity index is 594. The molecule has 20 heavy (non-hydrogen) atoms. The van der Waals surface area contributed by atoms with Crippen LogP contribution in [0.5, 0.6) is 0 Å². The molecule has 0 aliphatic carbocycles. The van der Waals surface area contributed by atoms with Gasteiger partial charge in [-0.25, -0.2) is 8.42 Å². The number of rotatable bonds is 7. The molecule has 108 valence electrons. The van der Waals surface area contributed by atoms with Crippen molar-refractivity contribution in [1.29, 1.82) is 0 Å². The maximum atomic E-state index is 12.6. The van der Waals surface area contributed by atoms with E-state index in [1.165, 1.54) is 10.5 Å². The molecule has 0 aliphatic heterocycles. The molecule has 0 saturated heterocycles. The molecule has 1 aromatic rings. The van der Waals surface area contributed by atoms with Crippen molar-refractivity contribution in [2.45, 2.75) is 31.6 Å². The van der Waals surface area contributed by atoms with Crippen molar-refractivity contribution in [3.63, 3.8) is 0 Å². The normalized spacial score (nSPS) is 10.5. The molecule has 0 radical (unpaired) electrons. The van der Waals surface area contributed by atoms with Crippen LogP contribution in [0, 0.1) is 6.92 Å². The quantitative estimate of drug-likeness (QED) is 0.437. The van der Waals surface area contributed by atoms with E-state index in [4.69, 9.17) is 0 Å². The highest BCUT2D eigenvalue weighted by Crippen LogP contribution is 2.17. The van der Waals surface area contributed by atoms with Gasteiger partial charge in [0.2, 0.25) is 0 Å². The van der Waals surface area contributed by atoms with E-state index in [1.54, 1.807) is 43.3 Å². The summed E-state index contributed by atoms with van der Waals surface area (Å²) in [4.78, 5) is 0.302. The molecule has 1 rings (SSSR count). The van der Waals surface area contributed by atoms with Crippen LogP contribution in [0.1, 0.15) is 25.3 Å². The molecule has 0 atom stereocenters. The summed E-state index contributed by atoms with van der Waals surface area (Å²) in [5.74, 6) is 0. The molecule has 0 bridgehead atoms. The fraction of sp³-hybridized carbons (Fsp3) is 0.312. The van der Waals surface area contributed by atoms with Crippen LogP contribution < -0.4 is 0 Å². The lowest BCUT2D eigenvalue weighted by Crippen LogP contribution is -2.26. The van der Waals surface area contributed by atoms with Crippen LogP contribution in [0.15, 0.2) is 59.8 Å². The van der Waals surface area contributed by atoms with Crippen molar-refractivity contribution in [3.8, 4) is 0 Å². The number of hydrogen-bond donors (Lipinski definition) is 0. The van der Waals surface area contributed by atoms with Crippen LogP contribution >= 0.6 is 0 Å². The monoisotopic (exact) mass is 291 g/mol. The lowest BCUT2D eigenvalue weighted by atomic mass is 10.2. The Labute approximate surface area is 122 Å². The summed E-state index contributed by atoms with van der Waals surface area (Å²) in [5, 5.41) is 0. The van der Waals surface area contributed by atoms with Gasteiger partial charge in [0.25, 0.3) is 10.0 Å². The number of hydrogen-bond acceptors (Lipinski definition) is 2. The Morgan fingerprint density at radius 3 is 2.50 bits per heavy atom. The number of allylic oxidation sites excluding steroid dienone is 2. The Kier molecular flexibility index (Phi) is 6.29. The molecule has 0 fully saturated rings. The smallest absolute Gasteiger partial charge is 0.264 e. The second-order valence-corrected chi connectivity index (χ2v) is 6.33. The third-order valence-corrected chi connectivity index (χ3v) is 4.57. The van der Waals surface area contributed by atoms with E-state index in [9.17, 15) is 8.42 Å². The number of sulfonamides is 1. The van der Waals surface area contributed by atoms with Crippen molar-refractivity contribution < 1.29 is 8.42 Å². The van der Waals surface area contributed by atoms with E-state index < -0.39 is 10.0 Å². The maximum Gasteiger partial charge on any atom is 0.264 e. The summed E-state index contributed by atoms with van der Waals surface area (Å²) < 4.78 is 26.5. The summed E-state index contributed by atoms with van der Waals surface area (Å²) in [6, 6.07) is 6.87. The van der Waals surface area contributed by atoms with Gasteiger partial charge in [-0.15, -0.1) is 12.3 Å². The molecule has 0 spiro atoms. The first kappa shape index (κ1) is 16.3. The van der Waals surface area contributed by atoms with Gasteiger partial charge in [-0.2, -0.15) is 0 Å². The first-order valence-electron chi connectivity index (χ1n) is 6.59. The molecule has 1 aromatic carbocycles. The van der Waals surface area contributed by atoms with Crippen LogP contribution in [-0.4, -0.2) is 19.3 Å². The predicted molar refractivity (Wildman–Crippen MR) is 82.8 cm³/mol. The van der Waals surface area contributed by atoms with E-state index in [0.717, 1.165) is 18.4 Å². The highest BCUT2D eigenvalue weighted by Gasteiger charge is 2.20. The molecular formula is C16H21NO2S. The second-order valence-electron chi connectivity index (χ2n) is 4.44. The summed E-state index contributed by atoms with van der Waals surface area (Å²) in [5.41, 5.74) is 3.87. The van der Waals surface area contributed by atoms with Crippen molar-refractivity contribution in [1.82, 2.24) is 4.31 Å². The minimum absolute atomic E-state index is 0.302. The summed E-state index contributed by atoms with van der Waals surface area (Å²) >= 11 is 0.